The Morgan fingerprint density at radius 2 is 1.74 bits per heavy atom. The van der Waals surface area contributed by atoms with Gasteiger partial charge in [-0.15, -0.1) is 24.8 Å². The van der Waals surface area contributed by atoms with E-state index in [1.165, 1.54) is 5.56 Å². The van der Waals surface area contributed by atoms with Gasteiger partial charge in [0.2, 0.25) is 0 Å². The summed E-state index contributed by atoms with van der Waals surface area (Å²) >= 11 is 0. The summed E-state index contributed by atoms with van der Waals surface area (Å²) in [5.41, 5.74) is 1.01. The number of nitrogens with one attached hydrogen (secondary N) is 1. The Morgan fingerprint density at radius 1 is 1.17 bits per heavy atom. The zero-order valence-electron chi connectivity index (χ0n) is 14.0. The monoisotopic (exact) mass is 359 g/mol. The van der Waals surface area contributed by atoms with Crippen molar-refractivity contribution in [3.05, 3.63) is 29.8 Å². The van der Waals surface area contributed by atoms with Crippen LogP contribution in [0.15, 0.2) is 24.3 Å². The molecule has 1 aromatic rings. The lowest BCUT2D eigenvalue weighted by Crippen LogP contribution is -2.45. The van der Waals surface area contributed by atoms with Crippen LogP contribution in [0, 0.1) is 11.3 Å². The fraction of sp³-hybridized carbons (Fsp3) is 0.588. The number of ether oxygens (including phenoxy) is 1. The minimum absolute atomic E-state index is 0. The van der Waals surface area contributed by atoms with Crippen molar-refractivity contribution in [2.24, 2.45) is 0 Å². The molecule has 0 radical (unpaired) electrons. The van der Waals surface area contributed by atoms with Crippen molar-refractivity contribution in [3.63, 3.8) is 0 Å². The minimum atomic E-state index is -0.188. The molecule has 23 heavy (non-hydrogen) atoms. The normalized spacial score (nSPS) is 16.4. The molecule has 1 fully saturated rings. The van der Waals surface area contributed by atoms with Crippen molar-refractivity contribution >= 4 is 24.8 Å². The predicted molar refractivity (Wildman–Crippen MR) is 98.7 cm³/mol. The maximum Gasteiger partial charge on any atom is 0.120 e. The SMILES string of the molecule is CC(C)(C)Oc1ccc([C@H](CC#N)N2CCNCC2)cc1.Cl.Cl. The first-order valence-electron chi connectivity index (χ1n) is 7.60. The van der Waals surface area contributed by atoms with Crippen LogP contribution in [-0.4, -0.2) is 36.7 Å². The van der Waals surface area contributed by atoms with E-state index in [4.69, 9.17) is 10.00 Å². The van der Waals surface area contributed by atoms with Crippen molar-refractivity contribution in [1.29, 1.82) is 5.26 Å². The van der Waals surface area contributed by atoms with E-state index < -0.39 is 0 Å². The smallest absolute Gasteiger partial charge is 0.120 e. The summed E-state index contributed by atoms with van der Waals surface area (Å²) in [5, 5.41) is 12.5. The van der Waals surface area contributed by atoms with Gasteiger partial charge in [-0.1, -0.05) is 12.1 Å². The minimum Gasteiger partial charge on any atom is -0.488 e. The molecule has 1 N–H and O–H groups in total. The molecule has 1 atom stereocenters. The molecule has 1 aliphatic rings. The first kappa shape index (κ1) is 22.0. The van der Waals surface area contributed by atoms with Crippen molar-refractivity contribution in [2.75, 3.05) is 26.2 Å². The summed E-state index contributed by atoms with van der Waals surface area (Å²) < 4.78 is 5.85. The van der Waals surface area contributed by atoms with Gasteiger partial charge in [0.15, 0.2) is 0 Å². The number of piperazine rings is 1. The maximum absolute atomic E-state index is 9.12. The summed E-state index contributed by atoms with van der Waals surface area (Å²) in [6.07, 6.45) is 0.527. The van der Waals surface area contributed by atoms with Crippen LogP contribution in [0.3, 0.4) is 0 Å². The highest BCUT2D eigenvalue weighted by Gasteiger charge is 2.22. The fourth-order valence-electron chi connectivity index (χ4n) is 2.65. The Bertz CT molecular complexity index is 488. The topological polar surface area (TPSA) is 48.3 Å². The molecule has 0 amide bonds. The van der Waals surface area contributed by atoms with Crippen LogP contribution in [0.4, 0.5) is 0 Å². The average molecular weight is 360 g/mol. The molecule has 130 valence electrons. The highest BCUT2D eigenvalue weighted by Crippen LogP contribution is 2.27. The van der Waals surface area contributed by atoms with E-state index in [1.54, 1.807) is 0 Å². The van der Waals surface area contributed by atoms with E-state index in [1.807, 2.05) is 32.9 Å². The number of nitrogens with zero attached hydrogens (tertiary/aromatic N) is 2. The molecule has 0 aromatic heterocycles. The second-order valence-corrected chi connectivity index (χ2v) is 6.45. The second-order valence-electron chi connectivity index (χ2n) is 6.45. The molecule has 0 unspecified atom stereocenters. The predicted octanol–water partition coefficient (Wildman–Crippen LogP) is 3.57. The third kappa shape index (κ3) is 6.97. The van der Waals surface area contributed by atoms with Gasteiger partial charge in [-0.2, -0.15) is 5.26 Å². The Balaban J connectivity index is 0.00000242. The van der Waals surface area contributed by atoms with E-state index in [0.29, 0.717) is 6.42 Å². The zero-order chi connectivity index (χ0) is 15.3. The lowest BCUT2D eigenvalue weighted by Gasteiger charge is -2.34. The van der Waals surface area contributed by atoms with Crippen molar-refractivity contribution < 1.29 is 4.74 Å². The van der Waals surface area contributed by atoms with E-state index in [0.717, 1.165) is 31.9 Å². The van der Waals surface area contributed by atoms with Crippen LogP contribution in [0.2, 0.25) is 0 Å². The standard InChI is InChI=1S/C17H25N3O.2ClH/c1-17(2,3)21-15-6-4-14(5-7-15)16(8-9-18)20-12-10-19-11-13-20;;/h4-7,16,19H,8,10-13H2,1-3H3;2*1H/t16-;;/m0../s1. The quantitative estimate of drug-likeness (QED) is 0.892. The highest BCUT2D eigenvalue weighted by molar-refractivity contribution is 5.85. The molecule has 0 saturated carbocycles. The zero-order valence-corrected chi connectivity index (χ0v) is 15.7. The first-order chi connectivity index (χ1) is 9.99. The number of halogens is 2. The Morgan fingerprint density at radius 3 is 2.22 bits per heavy atom. The molecule has 1 aliphatic heterocycles. The van der Waals surface area contributed by atoms with Crippen molar-refractivity contribution in [3.8, 4) is 11.8 Å². The summed E-state index contributed by atoms with van der Waals surface area (Å²) in [7, 11) is 0. The number of hydrogen-bond donors (Lipinski definition) is 1. The molecule has 2 rings (SSSR count). The summed E-state index contributed by atoms with van der Waals surface area (Å²) in [6, 6.07) is 10.7. The van der Waals surface area contributed by atoms with Crippen LogP contribution in [0.5, 0.6) is 5.75 Å². The van der Waals surface area contributed by atoms with Gasteiger partial charge in [0.1, 0.15) is 11.4 Å². The third-order valence-corrected chi connectivity index (χ3v) is 3.57. The Kier molecular flexibility index (Phi) is 9.57. The molecule has 6 heteroatoms. The van der Waals surface area contributed by atoms with Gasteiger partial charge < -0.3 is 10.1 Å². The van der Waals surface area contributed by atoms with Crippen molar-refractivity contribution in [2.45, 2.75) is 38.8 Å². The maximum atomic E-state index is 9.12. The van der Waals surface area contributed by atoms with Crippen LogP contribution in [0.1, 0.15) is 38.8 Å². The Labute approximate surface area is 152 Å². The number of rotatable bonds is 4. The third-order valence-electron chi connectivity index (χ3n) is 3.57. The molecular formula is C17H27Cl2N3O. The Hall–Kier alpha value is -0.990. The van der Waals surface area contributed by atoms with Gasteiger partial charge in [0.25, 0.3) is 0 Å². The van der Waals surface area contributed by atoms with Crippen LogP contribution in [0.25, 0.3) is 0 Å². The van der Waals surface area contributed by atoms with Crippen LogP contribution < -0.4 is 10.1 Å². The molecule has 0 spiro atoms. The van der Waals surface area contributed by atoms with E-state index in [2.05, 4.69) is 28.4 Å². The summed E-state index contributed by atoms with van der Waals surface area (Å²) in [6.45, 7) is 10.1. The lowest BCUT2D eigenvalue weighted by atomic mass is 10.0. The van der Waals surface area contributed by atoms with Gasteiger partial charge in [0.05, 0.1) is 12.5 Å². The highest BCUT2D eigenvalue weighted by atomic mass is 35.5. The van der Waals surface area contributed by atoms with Crippen molar-refractivity contribution in [1.82, 2.24) is 10.2 Å². The van der Waals surface area contributed by atoms with Crippen LogP contribution >= 0.6 is 24.8 Å². The molecule has 1 saturated heterocycles. The molecule has 1 aromatic carbocycles. The largest absolute Gasteiger partial charge is 0.488 e. The van der Waals surface area contributed by atoms with E-state index >= 15 is 0 Å². The second kappa shape index (κ2) is 10.00. The summed E-state index contributed by atoms with van der Waals surface area (Å²) in [4.78, 5) is 2.39. The molecule has 1 heterocycles. The molecule has 4 nitrogen and oxygen atoms in total. The molecule has 0 bridgehead atoms. The van der Waals surface area contributed by atoms with E-state index in [-0.39, 0.29) is 36.5 Å². The molecule has 0 aliphatic carbocycles. The number of hydrogen-bond acceptors (Lipinski definition) is 4. The van der Waals surface area contributed by atoms with Gasteiger partial charge in [0, 0.05) is 32.2 Å². The van der Waals surface area contributed by atoms with Gasteiger partial charge >= 0.3 is 0 Å². The average Bonchev–Trinajstić information content (AvgIpc) is 2.45. The first-order valence-corrected chi connectivity index (χ1v) is 7.60. The summed E-state index contributed by atoms with van der Waals surface area (Å²) in [5.74, 6) is 0.877. The van der Waals surface area contributed by atoms with Gasteiger partial charge in [-0.3, -0.25) is 4.90 Å². The fourth-order valence-corrected chi connectivity index (χ4v) is 2.65. The molecular weight excluding hydrogens is 333 g/mol. The van der Waals surface area contributed by atoms with E-state index in [9.17, 15) is 0 Å². The van der Waals surface area contributed by atoms with Gasteiger partial charge in [-0.25, -0.2) is 0 Å². The number of benzene rings is 1. The van der Waals surface area contributed by atoms with Crippen LogP contribution in [-0.2, 0) is 0 Å². The number of nitriles is 1. The lowest BCUT2D eigenvalue weighted by molar-refractivity contribution is 0.130. The van der Waals surface area contributed by atoms with Gasteiger partial charge in [-0.05, 0) is 38.5 Å².